The van der Waals surface area contributed by atoms with E-state index in [2.05, 4.69) is 15.3 Å². The smallest absolute Gasteiger partial charge is 0.262 e. The number of aryl methyl sites for hydroxylation is 1. The number of ether oxygens (including phenoxy) is 2. The van der Waals surface area contributed by atoms with Gasteiger partial charge in [0.25, 0.3) is 5.91 Å². The first-order valence-electron chi connectivity index (χ1n) is 7.76. The Labute approximate surface area is 152 Å². The molecular weight excluding hydrogens is 344 g/mol. The molecule has 0 radical (unpaired) electrons. The maximum absolute atomic E-state index is 12.8. The van der Waals surface area contributed by atoms with Crippen LogP contribution in [0.5, 0.6) is 11.8 Å². The molecule has 1 aliphatic carbocycles. The summed E-state index contributed by atoms with van der Waals surface area (Å²) in [5.74, 6) is 0.0550. The van der Waals surface area contributed by atoms with Crippen LogP contribution in [0.25, 0.3) is 0 Å². The van der Waals surface area contributed by atoms with Crippen LogP contribution in [-0.2, 0) is 6.42 Å². The molecule has 0 saturated carbocycles. The van der Waals surface area contributed by atoms with Gasteiger partial charge in [0.1, 0.15) is 6.33 Å². The topological polar surface area (TPSA) is 99.4 Å². The number of rotatable bonds is 4. The lowest BCUT2D eigenvalue weighted by atomic mass is 9.87. The molecule has 3 rings (SSSR count). The molecule has 1 aromatic carbocycles. The molecule has 8 heteroatoms. The Bertz CT molecular complexity index is 747. The van der Waals surface area contributed by atoms with Gasteiger partial charge in [-0.05, 0) is 42.5 Å². The average Bonchev–Trinajstić information content (AvgIpc) is 2.60. The quantitative estimate of drug-likeness (QED) is 0.807. The van der Waals surface area contributed by atoms with Crippen molar-refractivity contribution in [2.75, 3.05) is 20.0 Å². The van der Waals surface area contributed by atoms with Crippen LogP contribution in [0.15, 0.2) is 24.5 Å². The van der Waals surface area contributed by atoms with Crippen LogP contribution in [0.1, 0.15) is 40.4 Å². The van der Waals surface area contributed by atoms with E-state index in [9.17, 15) is 4.79 Å². The second kappa shape index (κ2) is 8.02. The van der Waals surface area contributed by atoms with Crippen molar-refractivity contribution in [2.45, 2.75) is 25.3 Å². The van der Waals surface area contributed by atoms with Gasteiger partial charge in [0, 0.05) is 5.69 Å². The number of nitrogen functional groups attached to an aromatic ring is 1. The number of carbonyl (C=O) groups excluding carboxylic acids is 1. The highest BCUT2D eigenvalue weighted by Crippen LogP contribution is 2.32. The van der Waals surface area contributed by atoms with Crippen molar-refractivity contribution < 1.29 is 14.3 Å². The van der Waals surface area contributed by atoms with Crippen LogP contribution in [0.4, 0.5) is 5.69 Å². The monoisotopic (exact) mass is 364 g/mol. The molecule has 1 unspecified atom stereocenters. The number of halogens is 1. The van der Waals surface area contributed by atoms with Crippen LogP contribution in [-0.4, -0.2) is 30.1 Å². The SMILES string of the molecule is COc1ncnc(OC)c1C(=O)NC1CCCc2cc(N)ccc21.Cl. The van der Waals surface area contributed by atoms with E-state index in [1.54, 1.807) is 0 Å². The number of carbonyl (C=O) groups is 1. The summed E-state index contributed by atoms with van der Waals surface area (Å²) in [6.45, 7) is 0. The predicted octanol–water partition coefficient (Wildman–Crippen LogP) is 2.31. The summed E-state index contributed by atoms with van der Waals surface area (Å²) in [6.07, 6.45) is 4.11. The molecule has 2 aromatic rings. The molecule has 0 spiro atoms. The van der Waals surface area contributed by atoms with Gasteiger partial charge in [-0.3, -0.25) is 4.79 Å². The number of nitrogens with two attached hydrogens (primary N) is 1. The highest BCUT2D eigenvalue weighted by atomic mass is 35.5. The van der Waals surface area contributed by atoms with E-state index in [0.717, 1.165) is 30.5 Å². The summed E-state index contributed by atoms with van der Waals surface area (Å²) in [6, 6.07) is 5.72. The standard InChI is InChI=1S/C17H20N4O3.ClH/c1-23-16-14(17(24-2)20-9-19-16)15(22)21-13-5-3-4-10-8-11(18)6-7-12(10)13;/h6-9,13H,3-5,18H2,1-2H3,(H,21,22);1H. The number of nitrogens with zero attached hydrogens (tertiary/aromatic N) is 2. The number of hydrogen-bond donors (Lipinski definition) is 2. The largest absolute Gasteiger partial charge is 0.480 e. The molecule has 0 fully saturated rings. The number of aromatic nitrogens is 2. The maximum atomic E-state index is 12.8. The fraction of sp³-hybridized carbons (Fsp3) is 0.353. The number of fused-ring (bicyclic) bond motifs is 1. The molecule has 1 heterocycles. The summed E-state index contributed by atoms with van der Waals surface area (Å²) < 4.78 is 10.3. The first-order valence-corrected chi connectivity index (χ1v) is 7.76. The lowest BCUT2D eigenvalue weighted by molar-refractivity contribution is 0.0924. The van der Waals surface area contributed by atoms with Crippen LogP contribution in [0, 0.1) is 0 Å². The van der Waals surface area contributed by atoms with E-state index in [-0.39, 0.29) is 41.7 Å². The van der Waals surface area contributed by atoms with Gasteiger partial charge in [-0.25, -0.2) is 9.97 Å². The van der Waals surface area contributed by atoms with Crippen molar-refractivity contribution in [2.24, 2.45) is 0 Å². The minimum atomic E-state index is -0.320. The normalized spacial score (nSPS) is 15.5. The highest BCUT2D eigenvalue weighted by Gasteiger charge is 2.26. The highest BCUT2D eigenvalue weighted by molar-refractivity contribution is 5.98. The summed E-state index contributed by atoms with van der Waals surface area (Å²) in [7, 11) is 2.91. The van der Waals surface area contributed by atoms with Crippen molar-refractivity contribution in [3.05, 3.63) is 41.2 Å². The zero-order valence-electron chi connectivity index (χ0n) is 14.1. The molecule has 1 amide bonds. The van der Waals surface area contributed by atoms with E-state index < -0.39 is 0 Å². The molecule has 0 bridgehead atoms. The minimum absolute atomic E-state index is 0. The molecule has 7 nitrogen and oxygen atoms in total. The van der Waals surface area contributed by atoms with Crippen LogP contribution < -0.4 is 20.5 Å². The van der Waals surface area contributed by atoms with E-state index in [0.29, 0.717) is 0 Å². The first kappa shape index (κ1) is 18.8. The number of benzene rings is 1. The van der Waals surface area contributed by atoms with E-state index in [1.807, 2.05) is 18.2 Å². The van der Waals surface area contributed by atoms with Gasteiger partial charge in [0.2, 0.25) is 11.8 Å². The zero-order valence-corrected chi connectivity index (χ0v) is 14.9. The Hall–Kier alpha value is -2.54. The first-order chi connectivity index (χ1) is 11.6. The van der Waals surface area contributed by atoms with Gasteiger partial charge < -0.3 is 20.5 Å². The third-order valence-corrected chi connectivity index (χ3v) is 4.18. The summed E-state index contributed by atoms with van der Waals surface area (Å²) in [4.78, 5) is 20.7. The van der Waals surface area contributed by atoms with Gasteiger partial charge >= 0.3 is 0 Å². The van der Waals surface area contributed by atoms with Crippen molar-refractivity contribution in [1.29, 1.82) is 0 Å². The lowest BCUT2D eigenvalue weighted by Gasteiger charge is -2.27. The Morgan fingerprint density at radius 1 is 1.24 bits per heavy atom. The van der Waals surface area contributed by atoms with Gasteiger partial charge in [-0.2, -0.15) is 0 Å². The minimum Gasteiger partial charge on any atom is -0.480 e. The fourth-order valence-corrected chi connectivity index (χ4v) is 3.07. The van der Waals surface area contributed by atoms with Crippen molar-refractivity contribution in [3.8, 4) is 11.8 Å². The predicted molar refractivity (Wildman–Crippen MR) is 96.4 cm³/mol. The Morgan fingerprint density at radius 2 is 1.92 bits per heavy atom. The number of methoxy groups -OCH3 is 2. The Kier molecular flexibility index (Phi) is 6.03. The van der Waals surface area contributed by atoms with Gasteiger partial charge in [-0.15, -0.1) is 12.4 Å². The molecule has 1 aromatic heterocycles. The summed E-state index contributed by atoms with van der Waals surface area (Å²) >= 11 is 0. The van der Waals surface area contributed by atoms with E-state index >= 15 is 0 Å². The summed E-state index contributed by atoms with van der Waals surface area (Å²) in [5, 5.41) is 3.04. The molecular formula is C17H21ClN4O3. The van der Waals surface area contributed by atoms with Gasteiger partial charge in [0.15, 0.2) is 5.56 Å². The lowest BCUT2D eigenvalue weighted by Crippen LogP contribution is -2.31. The third-order valence-electron chi connectivity index (χ3n) is 4.18. The van der Waals surface area contributed by atoms with Crippen molar-refractivity contribution in [3.63, 3.8) is 0 Å². The number of anilines is 1. The number of hydrogen-bond acceptors (Lipinski definition) is 6. The molecule has 134 valence electrons. The van der Waals surface area contributed by atoms with E-state index in [4.69, 9.17) is 15.2 Å². The van der Waals surface area contributed by atoms with Crippen LogP contribution in [0.3, 0.4) is 0 Å². The van der Waals surface area contributed by atoms with Gasteiger partial charge in [-0.1, -0.05) is 6.07 Å². The number of amides is 1. The number of nitrogens with one attached hydrogen (secondary N) is 1. The molecule has 1 atom stereocenters. The van der Waals surface area contributed by atoms with E-state index in [1.165, 1.54) is 26.1 Å². The van der Waals surface area contributed by atoms with Crippen molar-refractivity contribution >= 4 is 24.0 Å². The van der Waals surface area contributed by atoms with Crippen LogP contribution in [0.2, 0.25) is 0 Å². The zero-order chi connectivity index (χ0) is 17.1. The average molecular weight is 365 g/mol. The molecule has 0 aliphatic heterocycles. The van der Waals surface area contributed by atoms with Gasteiger partial charge in [0.05, 0.1) is 20.3 Å². The maximum Gasteiger partial charge on any atom is 0.262 e. The molecule has 0 saturated heterocycles. The van der Waals surface area contributed by atoms with Crippen LogP contribution >= 0.6 is 12.4 Å². The third kappa shape index (κ3) is 3.76. The molecule has 1 aliphatic rings. The Balaban J connectivity index is 0.00000225. The van der Waals surface area contributed by atoms with Crippen molar-refractivity contribution in [1.82, 2.24) is 15.3 Å². The fourth-order valence-electron chi connectivity index (χ4n) is 3.07. The molecule has 3 N–H and O–H groups in total. The molecule has 25 heavy (non-hydrogen) atoms. The Morgan fingerprint density at radius 3 is 2.56 bits per heavy atom. The summed E-state index contributed by atoms with van der Waals surface area (Å²) in [5.41, 5.74) is 9.07. The second-order valence-electron chi connectivity index (χ2n) is 5.64. The second-order valence-corrected chi connectivity index (χ2v) is 5.64.